The zero-order chi connectivity index (χ0) is 17.0. The summed E-state index contributed by atoms with van der Waals surface area (Å²) in [6.07, 6.45) is 0.0161. The van der Waals surface area contributed by atoms with Crippen molar-refractivity contribution >= 4 is 43.5 Å². The summed E-state index contributed by atoms with van der Waals surface area (Å²) in [5.41, 5.74) is 0.667. The lowest BCUT2D eigenvalue weighted by molar-refractivity contribution is -0.138. The van der Waals surface area contributed by atoms with E-state index in [0.29, 0.717) is 10.6 Å². The van der Waals surface area contributed by atoms with E-state index in [4.69, 9.17) is 11.6 Å². The fourth-order valence-electron chi connectivity index (χ4n) is 1.90. The molecule has 0 heterocycles. The van der Waals surface area contributed by atoms with Crippen LogP contribution in [0.25, 0.3) is 0 Å². The second-order valence-corrected chi connectivity index (χ2v) is 7.86. The minimum atomic E-state index is -3.93. The summed E-state index contributed by atoms with van der Waals surface area (Å²) in [4.78, 5) is 11.4. The highest BCUT2D eigenvalue weighted by atomic mass is 79.9. The highest BCUT2D eigenvalue weighted by molar-refractivity contribution is 9.10. The van der Waals surface area contributed by atoms with Crippen molar-refractivity contribution in [1.82, 2.24) is 4.72 Å². The summed E-state index contributed by atoms with van der Waals surface area (Å²) < 4.78 is 27.5. The van der Waals surface area contributed by atoms with Crippen LogP contribution in [0.5, 0.6) is 0 Å². The molecule has 2 N–H and O–H groups in total. The molecule has 0 radical (unpaired) electrons. The Labute approximate surface area is 147 Å². The van der Waals surface area contributed by atoms with E-state index in [-0.39, 0.29) is 11.3 Å². The number of hydrogen-bond acceptors (Lipinski definition) is 3. The van der Waals surface area contributed by atoms with Gasteiger partial charge in [0.1, 0.15) is 6.04 Å². The molecule has 2 aromatic rings. The molecular weight excluding hydrogens is 406 g/mol. The number of rotatable bonds is 6. The third kappa shape index (κ3) is 5.04. The molecule has 2 rings (SSSR count). The van der Waals surface area contributed by atoms with Gasteiger partial charge in [0.25, 0.3) is 0 Å². The molecule has 0 spiro atoms. The van der Waals surface area contributed by atoms with Crippen LogP contribution in [0.3, 0.4) is 0 Å². The molecule has 0 aliphatic carbocycles. The number of carboxylic acids is 1. The maximum absolute atomic E-state index is 12.3. The van der Waals surface area contributed by atoms with E-state index < -0.39 is 22.0 Å². The van der Waals surface area contributed by atoms with Crippen molar-refractivity contribution in [2.24, 2.45) is 0 Å². The lowest BCUT2D eigenvalue weighted by atomic mass is 10.1. The molecule has 23 heavy (non-hydrogen) atoms. The van der Waals surface area contributed by atoms with Crippen molar-refractivity contribution in [2.75, 3.05) is 0 Å². The average Bonchev–Trinajstić information content (AvgIpc) is 2.49. The largest absolute Gasteiger partial charge is 0.480 e. The van der Waals surface area contributed by atoms with Crippen molar-refractivity contribution in [1.29, 1.82) is 0 Å². The first-order valence-corrected chi connectivity index (χ1v) is 9.18. The van der Waals surface area contributed by atoms with E-state index in [9.17, 15) is 18.3 Å². The number of sulfonamides is 1. The average molecular weight is 419 g/mol. The number of hydrogen-bond donors (Lipinski definition) is 2. The fraction of sp³-hybridized carbons (Fsp3) is 0.133. The number of benzene rings is 2. The highest BCUT2D eigenvalue weighted by Gasteiger charge is 2.25. The quantitative estimate of drug-likeness (QED) is 0.755. The molecule has 0 amide bonds. The molecule has 0 aromatic heterocycles. The van der Waals surface area contributed by atoms with Crippen LogP contribution in [0.4, 0.5) is 0 Å². The Hall–Kier alpha value is -1.41. The molecule has 5 nitrogen and oxygen atoms in total. The summed E-state index contributed by atoms with van der Waals surface area (Å²) in [7, 11) is -3.93. The van der Waals surface area contributed by atoms with Gasteiger partial charge >= 0.3 is 5.97 Å². The summed E-state index contributed by atoms with van der Waals surface area (Å²) in [6, 6.07) is 11.2. The maximum Gasteiger partial charge on any atom is 0.322 e. The van der Waals surface area contributed by atoms with Gasteiger partial charge in [-0.05, 0) is 48.4 Å². The minimum Gasteiger partial charge on any atom is -0.480 e. The maximum atomic E-state index is 12.3. The Morgan fingerprint density at radius 2 is 1.70 bits per heavy atom. The van der Waals surface area contributed by atoms with Crippen molar-refractivity contribution in [3.8, 4) is 0 Å². The van der Waals surface area contributed by atoms with Gasteiger partial charge in [-0.15, -0.1) is 0 Å². The lowest BCUT2D eigenvalue weighted by Crippen LogP contribution is -2.42. The minimum absolute atomic E-state index is 0.00283. The molecule has 0 aliphatic rings. The molecule has 1 atom stereocenters. The molecule has 8 heteroatoms. The van der Waals surface area contributed by atoms with Crippen LogP contribution in [-0.2, 0) is 21.2 Å². The summed E-state index contributed by atoms with van der Waals surface area (Å²) >= 11 is 8.99. The summed E-state index contributed by atoms with van der Waals surface area (Å²) in [6.45, 7) is 0. The molecule has 0 saturated carbocycles. The Morgan fingerprint density at radius 3 is 2.22 bits per heavy atom. The van der Waals surface area contributed by atoms with Gasteiger partial charge in [-0.2, -0.15) is 4.72 Å². The highest BCUT2D eigenvalue weighted by Crippen LogP contribution is 2.16. The zero-order valence-electron chi connectivity index (χ0n) is 11.7. The standard InChI is InChI=1S/C15H13BrClNO4S/c16-11-3-7-13(8-4-11)23(21,22)18-14(15(19)20)9-10-1-5-12(17)6-2-10/h1-8,14,18H,9H2,(H,19,20). The first kappa shape index (κ1) is 17.9. The summed E-state index contributed by atoms with van der Waals surface area (Å²) in [5, 5.41) is 9.81. The monoisotopic (exact) mass is 417 g/mol. The Bertz CT molecular complexity index is 791. The van der Waals surface area contributed by atoms with Gasteiger partial charge in [0, 0.05) is 9.50 Å². The van der Waals surface area contributed by atoms with Crippen LogP contribution >= 0.6 is 27.5 Å². The summed E-state index contributed by atoms with van der Waals surface area (Å²) in [5.74, 6) is -1.25. The van der Waals surface area contributed by atoms with E-state index in [1.165, 1.54) is 12.1 Å². The number of nitrogens with one attached hydrogen (secondary N) is 1. The van der Waals surface area contributed by atoms with Gasteiger partial charge in [0.05, 0.1) is 4.90 Å². The Balaban J connectivity index is 2.20. The van der Waals surface area contributed by atoms with E-state index in [0.717, 1.165) is 4.47 Å². The van der Waals surface area contributed by atoms with Crippen molar-refractivity contribution in [2.45, 2.75) is 17.4 Å². The Morgan fingerprint density at radius 1 is 1.13 bits per heavy atom. The topological polar surface area (TPSA) is 83.5 Å². The second-order valence-electron chi connectivity index (χ2n) is 4.80. The zero-order valence-corrected chi connectivity index (χ0v) is 14.9. The van der Waals surface area contributed by atoms with Gasteiger partial charge in [-0.3, -0.25) is 4.79 Å². The van der Waals surface area contributed by atoms with Gasteiger partial charge in [-0.25, -0.2) is 8.42 Å². The number of carboxylic acid groups (broad SMARTS) is 1. The van der Waals surface area contributed by atoms with Crippen LogP contribution in [0.2, 0.25) is 5.02 Å². The van der Waals surface area contributed by atoms with Crippen LogP contribution < -0.4 is 4.72 Å². The first-order valence-electron chi connectivity index (χ1n) is 6.53. The number of carbonyl (C=O) groups is 1. The second kappa shape index (κ2) is 7.44. The van der Waals surface area contributed by atoms with Crippen molar-refractivity contribution < 1.29 is 18.3 Å². The van der Waals surface area contributed by atoms with Crippen LogP contribution in [0.15, 0.2) is 57.9 Å². The number of aliphatic carboxylic acids is 1. The molecule has 0 aliphatic heterocycles. The third-order valence-electron chi connectivity index (χ3n) is 3.07. The van der Waals surface area contributed by atoms with Gasteiger partial charge in [-0.1, -0.05) is 39.7 Å². The first-order chi connectivity index (χ1) is 10.8. The smallest absolute Gasteiger partial charge is 0.322 e. The van der Waals surface area contributed by atoms with E-state index in [1.807, 2.05) is 0 Å². The predicted octanol–water partition coefficient (Wildman–Crippen LogP) is 3.08. The molecular formula is C15H13BrClNO4S. The van der Waals surface area contributed by atoms with Gasteiger partial charge in [0.15, 0.2) is 0 Å². The van der Waals surface area contributed by atoms with E-state index >= 15 is 0 Å². The molecule has 1 unspecified atom stereocenters. The number of halogens is 2. The normalized spacial score (nSPS) is 12.8. The van der Waals surface area contributed by atoms with Crippen LogP contribution in [0.1, 0.15) is 5.56 Å². The predicted molar refractivity (Wildman–Crippen MR) is 91.0 cm³/mol. The van der Waals surface area contributed by atoms with E-state index in [1.54, 1.807) is 36.4 Å². The Kier molecular flexibility index (Phi) is 5.80. The molecule has 2 aromatic carbocycles. The molecule has 0 fully saturated rings. The van der Waals surface area contributed by atoms with Crippen LogP contribution in [-0.4, -0.2) is 25.5 Å². The van der Waals surface area contributed by atoms with Gasteiger partial charge in [0.2, 0.25) is 10.0 Å². The molecule has 0 saturated heterocycles. The van der Waals surface area contributed by atoms with E-state index in [2.05, 4.69) is 20.7 Å². The van der Waals surface area contributed by atoms with Gasteiger partial charge < -0.3 is 5.11 Å². The lowest BCUT2D eigenvalue weighted by Gasteiger charge is -2.15. The van der Waals surface area contributed by atoms with Crippen molar-refractivity contribution in [3.05, 3.63) is 63.6 Å². The third-order valence-corrected chi connectivity index (χ3v) is 5.34. The van der Waals surface area contributed by atoms with Crippen molar-refractivity contribution in [3.63, 3.8) is 0 Å². The fourth-order valence-corrected chi connectivity index (χ4v) is 3.48. The molecule has 122 valence electrons. The SMILES string of the molecule is O=C(O)C(Cc1ccc(Cl)cc1)NS(=O)(=O)c1ccc(Br)cc1. The molecule has 0 bridgehead atoms. The van der Waals surface area contributed by atoms with Crippen LogP contribution in [0, 0.1) is 0 Å².